The number of rotatable bonds is 43. The maximum absolute atomic E-state index is 7.02. The quantitative estimate of drug-likeness (QED) is 0.0476. The fraction of sp³-hybridized carbons (Fsp3) is 0.843. The predicted molar refractivity (Wildman–Crippen MR) is 247 cm³/mol. The molecule has 2 unspecified atom stereocenters. The second-order valence-corrected chi connectivity index (χ2v) is 16.7. The molecular weight excluding hydrogens is 689 g/mol. The van der Waals surface area contributed by atoms with E-state index in [-0.39, 0.29) is 12.2 Å². The highest BCUT2D eigenvalue weighted by Gasteiger charge is 2.46. The molecule has 1 heterocycles. The zero-order valence-corrected chi connectivity index (χ0v) is 38.0. The molecular formula is C51H96N2O3. The van der Waals surface area contributed by atoms with Crippen molar-refractivity contribution in [1.29, 1.82) is 0 Å². The van der Waals surface area contributed by atoms with Gasteiger partial charge < -0.3 is 24.8 Å². The van der Waals surface area contributed by atoms with Crippen LogP contribution in [-0.4, -0.2) is 58.4 Å². The lowest BCUT2D eigenvalue weighted by molar-refractivity contribution is -0.187. The van der Waals surface area contributed by atoms with E-state index in [9.17, 15) is 0 Å². The lowest BCUT2D eigenvalue weighted by atomic mass is 9.98. The minimum Gasteiger partial charge on any atom is -0.381 e. The molecule has 0 aliphatic carbocycles. The third-order valence-corrected chi connectivity index (χ3v) is 11.4. The molecule has 1 aliphatic heterocycles. The van der Waals surface area contributed by atoms with Gasteiger partial charge in [0.2, 0.25) is 0 Å². The first kappa shape index (κ1) is 52.8. The van der Waals surface area contributed by atoms with Crippen LogP contribution < -0.4 is 10.6 Å². The van der Waals surface area contributed by atoms with Crippen LogP contribution in [-0.2, 0) is 14.2 Å². The van der Waals surface area contributed by atoms with Gasteiger partial charge in [-0.25, -0.2) is 0 Å². The monoisotopic (exact) mass is 785 g/mol. The number of allylic oxidation sites excluding steroid dienone is 8. The number of hydrogen-bond acceptors (Lipinski definition) is 5. The van der Waals surface area contributed by atoms with Gasteiger partial charge in [0.15, 0.2) is 5.79 Å². The molecule has 0 amide bonds. The summed E-state index contributed by atoms with van der Waals surface area (Å²) < 4.78 is 20.1. The van der Waals surface area contributed by atoms with Crippen LogP contribution in [0.3, 0.4) is 0 Å². The fourth-order valence-electron chi connectivity index (χ4n) is 7.79. The highest BCUT2D eigenvalue weighted by Crippen LogP contribution is 2.40. The van der Waals surface area contributed by atoms with Gasteiger partial charge in [-0.2, -0.15) is 0 Å². The van der Waals surface area contributed by atoms with Crippen LogP contribution >= 0.6 is 0 Å². The highest BCUT2D eigenvalue weighted by atomic mass is 16.8. The van der Waals surface area contributed by atoms with E-state index in [4.69, 9.17) is 14.2 Å². The molecule has 328 valence electrons. The van der Waals surface area contributed by atoms with Crippen molar-refractivity contribution in [2.24, 2.45) is 0 Å². The minimum absolute atomic E-state index is 0.133. The molecule has 1 rings (SSSR count). The Labute approximate surface area is 350 Å². The zero-order chi connectivity index (χ0) is 40.3. The van der Waals surface area contributed by atoms with Crippen LogP contribution in [0.4, 0.5) is 0 Å². The van der Waals surface area contributed by atoms with Crippen LogP contribution in [0.15, 0.2) is 48.6 Å². The summed E-state index contributed by atoms with van der Waals surface area (Å²) in [6.07, 6.45) is 58.7. The average molecular weight is 785 g/mol. The molecule has 0 radical (unpaired) electrons. The fourth-order valence-corrected chi connectivity index (χ4v) is 7.79. The largest absolute Gasteiger partial charge is 0.381 e. The summed E-state index contributed by atoms with van der Waals surface area (Å²) in [5, 5.41) is 6.61. The number of unbranched alkanes of at least 4 members (excludes halogenated alkanes) is 21. The van der Waals surface area contributed by atoms with Crippen molar-refractivity contribution >= 4 is 0 Å². The van der Waals surface area contributed by atoms with Crippen molar-refractivity contribution in [1.82, 2.24) is 10.6 Å². The molecule has 5 nitrogen and oxygen atoms in total. The van der Waals surface area contributed by atoms with E-state index in [0.29, 0.717) is 0 Å². The summed E-state index contributed by atoms with van der Waals surface area (Å²) in [5.41, 5.74) is 0. The SMILES string of the molecule is CCCCC/C=C\C/C=C\CCCCCCCCC1(CCCCCCCC/C=C\C/C=C\CCCCC)OC(CCNC)C(CCOCCCCCCNC)O1. The normalized spacial score (nSPS) is 17.3. The van der Waals surface area contributed by atoms with E-state index in [2.05, 4.69) is 73.1 Å². The van der Waals surface area contributed by atoms with Gasteiger partial charge in [0.25, 0.3) is 0 Å². The maximum atomic E-state index is 7.02. The summed E-state index contributed by atoms with van der Waals surface area (Å²) in [6.45, 7) is 8.25. The molecule has 1 aliphatic rings. The van der Waals surface area contributed by atoms with Gasteiger partial charge in [-0.15, -0.1) is 0 Å². The van der Waals surface area contributed by atoms with Crippen molar-refractivity contribution in [3.05, 3.63) is 48.6 Å². The predicted octanol–water partition coefficient (Wildman–Crippen LogP) is 14.7. The summed E-state index contributed by atoms with van der Waals surface area (Å²) in [4.78, 5) is 0. The summed E-state index contributed by atoms with van der Waals surface area (Å²) in [5.74, 6) is -0.416. The van der Waals surface area contributed by atoms with Gasteiger partial charge in [0, 0.05) is 26.1 Å². The minimum atomic E-state index is -0.416. The van der Waals surface area contributed by atoms with E-state index in [1.165, 1.54) is 161 Å². The second-order valence-electron chi connectivity index (χ2n) is 16.7. The van der Waals surface area contributed by atoms with E-state index >= 15 is 0 Å². The standard InChI is InChI=1S/C51H96N2O3/c1-5-7-9-11-13-15-17-19-21-23-25-27-29-31-33-37-43-51(44-38-34-32-30-28-26-24-22-20-18-16-14-12-10-8-6-2)55-49(41-46-53-4)50(56-51)42-48-54-47-40-36-35-39-45-52-3/h13-16,19-22,49-50,52-53H,5-12,17-18,23-48H2,1-4H3/b15-13-,16-14-,21-19-,22-20-. The Balaban J connectivity index is 2.47. The lowest BCUT2D eigenvalue weighted by Crippen LogP contribution is -2.31. The molecule has 1 saturated heterocycles. The topological polar surface area (TPSA) is 51.8 Å². The van der Waals surface area contributed by atoms with E-state index in [1.54, 1.807) is 0 Å². The van der Waals surface area contributed by atoms with Crippen molar-refractivity contribution in [2.45, 2.75) is 237 Å². The van der Waals surface area contributed by atoms with Crippen molar-refractivity contribution in [2.75, 3.05) is 40.4 Å². The van der Waals surface area contributed by atoms with Gasteiger partial charge in [-0.3, -0.25) is 0 Å². The summed E-state index contributed by atoms with van der Waals surface area (Å²) in [7, 11) is 4.08. The molecule has 0 aromatic carbocycles. The van der Waals surface area contributed by atoms with Crippen LogP contribution in [0.2, 0.25) is 0 Å². The zero-order valence-electron chi connectivity index (χ0n) is 38.0. The molecule has 2 atom stereocenters. The van der Waals surface area contributed by atoms with Gasteiger partial charge in [0.05, 0.1) is 12.2 Å². The first-order valence-corrected chi connectivity index (χ1v) is 24.5. The lowest BCUT2D eigenvalue weighted by Gasteiger charge is -2.29. The Bertz CT molecular complexity index is 867. The number of ether oxygens (including phenoxy) is 3. The van der Waals surface area contributed by atoms with Crippen LogP contribution in [0.5, 0.6) is 0 Å². The van der Waals surface area contributed by atoms with Gasteiger partial charge in [-0.05, 0) is 130 Å². The third kappa shape index (κ3) is 32.7. The summed E-state index contributed by atoms with van der Waals surface area (Å²) >= 11 is 0. The Morgan fingerprint density at radius 2 is 0.839 bits per heavy atom. The van der Waals surface area contributed by atoms with Crippen molar-refractivity contribution in [3.8, 4) is 0 Å². The van der Waals surface area contributed by atoms with E-state index in [0.717, 1.165) is 71.2 Å². The van der Waals surface area contributed by atoms with Crippen LogP contribution in [0.1, 0.15) is 219 Å². The highest BCUT2D eigenvalue weighted by molar-refractivity contribution is 4.94. The number of nitrogens with one attached hydrogen (secondary N) is 2. The summed E-state index contributed by atoms with van der Waals surface area (Å²) in [6, 6.07) is 0. The van der Waals surface area contributed by atoms with Crippen molar-refractivity contribution < 1.29 is 14.2 Å². The van der Waals surface area contributed by atoms with E-state index < -0.39 is 5.79 Å². The number of hydrogen-bond donors (Lipinski definition) is 2. The Kier molecular flexibility index (Phi) is 39.5. The van der Waals surface area contributed by atoms with Crippen LogP contribution in [0.25, 0.3) is 0 Å². The molecule has 0 aromatic rings. The Morgan fingerprint density at radius 1 is 0.429 bits per heavy atom. The van der Waals surface area contributed by atoms with Crippen LogP contribution in [0, 0.1) is 0 Å². The first-order valence-electron chi connectivity index (χ1n) is 24.5. The molecule has 0 bridgehead atoms. The van der Waals surface area contributed by atoms with E-state index in [1.807, 2.05) is 14.1 Å². The maximum Gasteiger partial charge on any atom is 0.169 e. The van der Waals surface area contributed by atoms with Gasteiger partial charge in [0.1, 0.15) is 0 Å². The van der Waals surface area contributed by atoms with Gasteiger partial charge >= 0.3 is 0 Å². The van der Waals surface area contributed by atoms with Gasteiger partial charge in [-0.1, -0.05) is 152 Å². The molecule has 0 saturated carbocycles. The second kappa shape index (κ2) is 41.9. The Hall–Kier alpha value is -1.24. The third-order valence-electron chi connectivity index (χ3n) is 11.4. The smallest absolute Gasteiger partial charge is 0.169 e. The Morgan fingerprint density at radius 3 is 1.32 bits per heavy atom. The van der Waals surface area contributed by atoms with Crippen molar-refractivity contribution in [3.63, 3.8) is 0 Å². The molecule has 0 spiro atoms. The molecule has 1 fully saturated rings. The first-order chi connectivity index (χ1) is 27.7. The average Bonchev–Trinajstić information content (AvgIpc) is 3.55. The molecule has 56 heavy (non-hydrogen) atoms. The molecule has 2 N–H and O–H groups in total. The molecule has 0 aromatic heterocycles. The molecule has 5 heteroatoms.